The van der Waals surface area contributed by atoms with E-state index in [2.05, 4.69) is 70.4 Å². The van der Waals surface area contributed by atoms with Crippen LogP contribution in [0.5, 0.6) is 0 Å². The monoisotopic (exact) mass is 346 g/mol. The number of nitrogens with one attached hydrogen (secondary N) is 1. The van der Waals surface area contributed by atoms with Gasteiger partial charge < -0.3 is 5.32 Å². The highest BCUT2D eigenvalue weighted by Gasteiger charge is 2.11. The van der Waals surface area contributed by atoms with E-state index < -0.39 is 0 Å². The normalized spacial score (nSPS) is 12.3. The summed E-state index contributed by atoms with van der Waals surface area (Å²) in [6.07, 6.45) is 7.00. The van der Waals surface area contributed by atoms with Crippen LogP contribution in [0.3, 0.4) is 0 Å². The van der Waals surface area contributed by atoms with Crippen molar-refractivity contribution in [3.8, 4) is 0 Å². The molecule has 1 heterocycles. The molecule has 1 N–H and O–H groups in total. The predicted octanol–water partition coefficient (Wildman–Crippen LogP) is 4.31. The van der Waals surface area contributed by atoms with Crippen LogP contribution >= 0.6 is 15.9 Å². The summed E-state index contributed by atoms with van der Waals surface area (Å²) in [6.45, 7) is 5.45. The van der Waals surface area contributed by atoms with E-state index >= 15 is 0 Å². The van der Waals surface area contributed by atoms with Crippen LogP contribution in [0.1, 0.15) is 30.0 Å². The molecular formula is C18H23BrN2. The average molecular weight is 347 g/mol. The fraction of sp³-hybridized carbons (Fsp3) is 0.389. The highest BCUT2D eigenvalue weighted by molar-refractivity contribution is 9.10. The summed E-state index contributed by atoms with van der Waals surface area (Å²) in [5.41, 5.74) is 4.06. The van der Waals surface area contributed by atoms with Crippen LogP contribution in [-0.2, 0) is 12.8 Å². The number of nitrogens with zero attached hydrogens (tertiary/aromatic N) is 1. The zero-order valence-electron chi connectivity index (χ0n) is 12.8. The minimum atomic E-state index is 0.446. The number of hydrogen-bond acceptors (Lipinski definition) is 2. The molecule has 0 saturated heterocycles. The van der Waals surface area contributed by atoms with Crippen molar-refractivity contribution in [3.63, 3.8) is 0 Å². The Hall–Kier alpha value is -1.19. The van der Waals surface area contributed by atoms with Crippen LogP contribution in [0.2, 0.25) is 0 Å². The lowest BCUT2D eigenvalue weighted by molar-refractivity contribution is 0.503. The van der Waals surface area contributed by atoms with Crippen molar-refractivity contribution in [2.75, 3.05) is 6.54 Å². The van der Waals surface area contributed by atoms with Crippen molar-refractivity contribution < 1.29 is 0 Å². The molecule has 1 atom stereocenters. The number of aryl methyl sites for hydroxylation is 1. The Morgan fingerprint density at radius 3 is 2.71 bits per heavy atom. The number of aromatic nitrogens is 1. The number of pyridine rings is 1. The summed E-state index contributed by atoms with van der Waals surface area (Å²) in [5.74, 6) is 0. The predicted molar refractivity (Wildman–Crippen MR) is 92.6 cm³/mol. The molecule has 0 spiro atoms. The largest absolute Gasteiger partial charge is 0.313 e. The van der Waals surface area contributed by atoms with Gasteiger partial charge in [-0.05, 0) is 71.4 Å². The van der Waals surface area contributed by atoms with E-state index in [1.54, 1.807) is 0 Å². The van der Waals surface area contributed by atoms with E-state index in [1.807, 2.05) is 12.4 Å². The Balaban J connectivity index is 2.09. The Morgan fingerprint density at radius 1 is 1.19 bits per heavy atom. The first-order valence-corrected chi connectivity index (χ1v) is 8.35. The lowest BCUT2D eigenvalue weighted by Gasteiger charge is -2.20. The molecule has 1 aromatic carbocycles. The standard InChI is InChI=1S/C18H23BrN2/c1-3-8-21-18(10-15-9-17(19)13-20-12-15)11-16-7-5-4-6-14(16)2/h4-7,9,12-13,18,21H,3,8,10-11H2,1-2H3. The lowest BCUT2D eigenvalue weighted by Crippen LogP contribution is -2.34. The van der Waals surface area contributed by atoms with Crippen molar-refractivity contribution in [2.45, 2.75) is 39.2 Å². The Bertz CT molecular complexity index is 569. The summed E-state index contributed by atoms with van der Waals surface area (Å²) >= 11 is 3.50. The molecule has 3 heteroatoms. The van der Waals surface area contributed by atoms with Gasteiger partial charge in [0.15, 0.2) is 0 Å². The molecule has 0 bridgehead atoms. The fourth-order valence-electron chi connectivity index (χ4n) is 2.52. The Labute approximate surface area is 136 Å². The first-order chi connectivity index (χ1) is 10.2. The van der Waals surface area contributed by atoms with Crippen molar-refractivity contribution in [1.29, 1.82) is 0 Å². The molecule has 112 valence electrons. The van der Waals surface area contributed by atoms with Gasteiger partial charge in [-0.15, -0.1) is 0 Å². The van der Waals surface area contributed by atoms with E-state index in [9.17, 15) is 0 Å². The molecule has 2 nitrogen and oxygen atoms in total. The number of rotatable bonds is 7. The average Bonchev–Trinajstić information content (AvgIpc) is 2.47. The molecular weight excluding hydrogens is 324 g/mol. The second-order valence-electron chi connectivity index (χ2n) is 5.50. The summed E-state index contributed by atoms with van der Waals surface area (Å²) in [5, 5.41) is 3.67. The second-order valence-corrected chi connectivity index (χ2v) is 6.41. The van der Waals surface area contributed by atoms with E-state index in [0.29, 0.717) is 6.04 Å². The van der Waals surface area contributed by atoms with Crippen LogP contribution in [-0.4, -0.2) is 17.6 Å². The van der Waals surface area contributed by atoms with Crippen LogP contribution in [0.25, 0.3) is 0 Å². The lowest BCUT2D eigenvalue weighted by atomic mass is 9.97. The maximum Gasteiger partial charge on any atom is 0.0410 e. The maximum atomic E-state index is 4.27. The van der Waals surface area contributed by atoms with Crippen LogP contribution < -0.4 is 5.32 Å². The van der Waals surface area contributed by atoms with Crippen molar-refractivity contribution in [3.05, 3.63) is 63.9 Å². The maximum absolute atomic E-state index is 4.27. The third-order valence-corrected chi connectivity index (χ3v) is 4.09. The smallest absolute Gasteiger partial charge is 0.0410 e. The summed E-state index contributed by atoms with van der Waals surface area (Å²) in [6, 6.07) is 11.3. The summed E-state index contributed by atoms with van der Waals surface area (Å²) in [7, 11) is 0. The van der Waals surface area contributed by atoms with Crippen molar-refractivity contribution in [2.24, 2.45) is 0 Å². The summed E-state index contributed by atoms with van der Waals surface area (Å²) < 4.78 is 1.05. The molecule has 0 fully saturated rings. The third kappa shape index (κ3) is 5.25. The van der Waals surface area contributed by atoms with Crippen LogP contribution in [0.15, 0.2) is 47.2 Å². The van der Waals surface area contributed by atoms with Gasteiger partial charge in [-0.1, -0.05) is 31.2 Å². The molecule has 1 aromatic heterocycles. The van der Waals surface area contributed by atoms with E-state index in [-0.39, 0.29) is 0 Å². The SMILES string of the molecule is CCCNC(Cc1cncc(Br)c1)Cc1ccccc1C. The number of halogens is 1. The van der Waals surface area contributed by atoms with Gasteiger partial charge in [-0.3, -0.25) is 4.98 Å². The van der Waals surface area contributed by atoms with Crippen LogP contribution in [0.4, 0.5) is 0 Å². The van der Waals surface area contributed by atoms with Crippen molar-refractivity contribution >= 4 is 15.9 Å². The molecule has 0 aliphatic carbocycles. The van der Waals surface area contributed by atoms with E-state index in [0.717, 1.165) is 30.3 Å². The zero-order chi connectivity index (χ0) is 15.1. The summed E-state index contributed by atoms with van der Waals surface area (Å²) in [4.78, 5) is 4.27. The third-order valence-electron chi connectivity index (χ3n) is 3.65. The molecule has 0 aliphatic heterocycles. The molecule has 2 aromatic rings. The van der Waals surface area contributed by atoms with Gasteiger partial charge in [0, 0.05) is 22.9 Å². The van der Waals surface area contributed by atoms with Gasteiger partial charge in [0.25, 0.3) is 0 Å². The molecule has 1 unspecified atom stereocenters. The minimum Gasteiger partial charge on any atom is -0.313 e. The Kier molecular flexibility index (Phi) is 6.40. The number of benzene rings is 1. The molecule has 0 aliphatic rings. The first-order valence-electron chi connectivity index (χ1n) is 7.56. The zero-order valence-corrected chi connectivity index (χ0v) is 14.4. The van der Waals surface area contributed by atoms with E-state index in [4.69, 9.17) is 0 Å². The van der Waals surface area contributed by atoms with Crippen molar-refractivity contribution in [1.82, 2.24) is 10.3 Å². The molecule has 0 radical (unpaired) electrons. The molecule has 2 rings (SSSR count). The van der Waals surface area contributed by atoms with Gasteiger partial charge in [0.05, 0.1) is 0 Å². The highest BCUT2D eigenvalue weighted by atomic mass is 79.9. The van der Waals surface area contributed by atoms with Gasteiger partial charge in [0.2, 0.25) is 0 Å². The first kappa shape index (κ1) is 16.2. The highest BCUT2D eigenvalue weighted by Crippen LogP contribution is 2.15. The van der Waals surface area contributed by atoms with Crippen LogP contribution in [0, 0.1) is 6.92 Å². The minimum absolute atomic E-state index is 0.446. The second kappa shape index (κ2) is 8.30. The number of hydrogen-bond donors (Lipinski definition) is 1. The topological polar surface area (TPSA) is 24.9 Å². The molecule has 21 heavy (non-hydrogen) atoms. The van der Waals surface area contributed by atoms with Gasteiger partial charge in [-0.2, -0.15) is 0 Å². The quantitative estimate of drug-likeness (QED) is 0.808. The fourth-order valence-corrected chi connectivity index (χ4v) is 2.93. The molecule has 0 saturated carbocycles. The van der Waals surface area contributed by atoms with Gasteiger partial charge >= 0.3 is 0 Å². The van der Waals surface area contributed by atoms with Gasteiger partial charge in [-0.25, -0.2) is 0 Å². The van der Waals surface area contributed by atoms with Gasteiger partial charge in [0.1, 0.15) is 0 Å². The molecule has 0 amide bonds. The van der Waals surface area contributed by atoms with E-state index in [1.165, 1.54) is 16.7 Å². The Morgan fingerprint density at radius 2 is 2.00 bits per heavy atom.